The summed E-state index contributed by atoms with van der Waals surface area (Å²) in [5.74, 6) is -0.757. The first-order valence-electron chi connectivity index (χ1n) is 5.71. The van der Waals surface area contributed by atoms with Gasteiger partial charge in [0.05, 0.1) is 5.41 Å². The van der Waals surface area contributed by atoms with Crippen molar-refractivity contribution in [2.75, 3.05) is 19.0 Å². The molecule has 0 saturated heterocycles. The predicted octanol–water partition coefficient (Wildman–Crippen LogP) is 1.96. The molecule has 1 fully saturated rings. The molecule has 0 heterocycles. The van der Waals surface area contributed by atoms with Crippen molar-refractivity contribution < 1.29 is 15.0 Å². The number of phenols is 1. The summed E-state index contributed by atoms with van der Waals surface area (Å²) in [6.07, 6.45) is 2.11. The van der Waals surface area contributed by atoms with Crippen LogP contribution >= 0.6 is 0 Å². The van der Waals surface area contributed by atoms with Crippen LogP contribution in [0.1, 0.15) is 24.8 Å². The molecular weight excluding hydrogens is 218 g/mol. The van der Waals surface area contributed by atoms with E-state index < -0.39 is 11.4 Å². The van der Waals surface area contributed by atoms with Gasteiger partial charge in [0.2, 0.25) is 0 Å². The zero-order valence-corrected chi connectivity index (χ0v) is 10.1. The van der Waals surface area contributed by atoms with Gasteiger partial charge in [0.15, 0.2) is 0 Å². The molecule has 1 aromatic rings. The minimum Gasteiger partial charge on any atom is -0.508 e. The van der Waals surface area contributed by atoms with E-state index in [9.17, 15) is 15.0 Å². The molecule has 4 nitrogen and oxygen atoms in total. The quantitative estimate of drug-likeness (QED) is 0.840. The molecule has 0 amide bonds. The summed E-state index contributed by atoms with van der Waals surface area (Å²) < 4.78 is 0. The van der Waals surface area contributed by atoms with E-state index in [1.54, 1.807) is 18.2 Å². The molecule has 1 aromatic carbocycles. The normalized spacial score (nSPS) is 17.3. The van der Waals surface area contributed by atoms with E-state index in [4.69, 9.17) is 0 Å². The molecule has 0 unspecified atom stereocenters. The summed E-state index contributed by atoms with van der Waals surface area (Å²) in [7, 11) is 3.79. The van der Waals surface area contributed by atoms with Crippen molar-refractivity contribution in [3.63, 3.8) is 0 Å². The molecule has 1 saturated carbocycles. The molecule has 0 aliphatic heterocycles. The predicted molar refractivity (Wildman–Crippen MR) is 65.6 cm³/mol. The molecule has 17 heavy (non-hydrogen) atoms. The highest BCUT2D eigenvalue weighted by atomic mass is 16.4. The van der Waals surface area contributed by atoms with Crippen molar-refractivity contribution in [3.05, 3.63) is 23.8 Å². The Morgan fingerprint density at radius 1 is 1.35 bits per heavy atom. The summed E-state index contributed by atoms with van der Waals surface area (Å²) in [5.41, 5.74) is 0.573. The van der Waals surface area contributed by atoms with Crippen LogP contribution in [0.15, 0.2) is 18.2 Å². The van der Waals surface area contributed by atoms with Gasteiger partial charge in [0.25, 0.3) is 0 Å². The third-order valence-corrected chi connectivity index (χ3v) is 3.63. The maximum absolute atomic E-state index is 11.4. The first-order chi connectivity index (χ1) is 7.97. The van der Waals surface area contributed by atoms with E-state index in [1.807, 2.05) is 19.0 Å². The third kappa shape index (κ3) is 1.73. The van der Waals surface area contributed by atoms with E-state index in [2.05, 4.69) is 0 Å². The summed E-state index contributed by atoms with van der Waals surface area (Å²) in [5, 5.41) is 19.3. The Morgan fingerprint density at radius 3 is 2.41 bits per heavy atom. The Hall–Kier alpha value is -1.71. The lowest BCUT2D eigenvalue weighted by Crippen LogP contribution is -2.42. The van der Waals surface area contributed by atoms with Gasteiger partial charge in [-0.05, 0) is 31.0 Å². The molecule has 2 N–H and O–H groups in total. The number of carboxylic acid groups (broad SMARTS) is 1. The summed E-state index contributed by atoms with van der Waals surface area (Å²) in [6, 6.07) is 5.14. The maximum Gasteiger partial charge on any atom is 0.314 e. The summed E-state index contributed by atoms with van der Waals surface area (Å²) in [4.78, 5) is 13.3. The zero-order valence-electron chi connectivity index (χ0n) is 10.1. The number of carboxylic acids is 1. The third-order valence-electron chi connectivity index (χ3n) is 3.63. The maximum atomic E-state index is 11.4. The smallest absolute Gasteiger partial charge is 0.314 e. The van der Waals surface area contributed by atoms with Crippen LogP contribution in [0.25, 0.3) is 0 Å². The van der Waals surface area contributed by atoms with Crippen LogP contribution in [-0.2, 0) is 10.2 Å². The molecule has 92 valence electrons. The van der Waals surface area contributed by atoms with Gasteiger partial charge in [0.1, 0.15) is 5.75 Å². The van der Waals surface area contributed by atoms with Gasteiger partial charge in [-0.3, -0.25) is 4.79 Å². The molecular formula is C13H17NO3. The fourth-order valence-electron chi connectivity index (χ4n) is 2.31. The lowest BCUT2D eigenvalue weighted by atomic mass is 9.64. The molecule has 2 rings (SSSR count). The number of anilines is 1. The van der Waals surface area contributed by atoms with Gasteiger partial charge < -0.3 is 15.1 Å². The van der Waals surface area contributed by atoms with Crippen molar-refractivity contribution in [2.45, 2.75) is 24.7 Å². The van der Waals surface area contributed by atoms with E-state index in [0.29, 0.717) is 18.4 Å². The Kier molecular flexibility index (Phi) is 2.73. The van der Waals surface area contributed by atoms with Crippen LogP contribution in [0.2, 0.25) is 0 Å². The minimum absolute atomic E-state index is 0.0812. The van der Waals surface area contributed by atoms with Crippen LogP contribution in [0.4, 0.5) is 5.69 Å². The van der Waals surface area contributed by atoms with E-state index in [-0.39, 0.29) is 5.75 Å². The summed E-state index contributed by atoms with van der Waals surface area (Å²) in [6.45, 7) is 0. The monoisotopic (exact) mass is 235 g/mol. The van der Waals surface area contributed by atoms with Gasteiger partial charge in [-0.15, -0.1) is 0 Å². The van der Waals surface area contributed by atoms with Crippen LogP contribution in [-0.4, -0.2) is 30.3 Å². The summed E-state index contributed by atoms with van der Waals surface area (Å²) >= 11 is 0. The van der Waals surface area contributed by atoms with Gasteiger partial charge >= 0.3 is 5.97 Å². The second-order valence-corrected chi connectivity index (χ2v) is 4.84. The highest BCUT2D eigenvalue weighted by Crippen LogP contribution is 2.47. The number of hydrogen-bond acceptors (Lipinski definition) is 3. The second-order valence-electron chi connectivity index (χ2n) is 4.84. The number of phenolic OH excluding ortho intramolecular Hbond substituents is 1. The standard InChI is InChI=1S/C13H17NO3/c1-14(2)9-4-5-11(15)10(8-9)13(12(16)17)6-3-7-13/h4-5,8,15H,3,6-7H2,1-2H3,(H,16,17). The fourth-order valence-corrected chi connectivity index (χ4v) is 2.31. The first kappa shape index (κ1) is 11.8. The molecule has 0 aromatic heterocycles. The van der Waals surface area contributed by atoms with Crippen LogP contribution < -0.4 is 4.90 Å². The number of benzene rings is 1. The highest BCUT2D eigenvalue weighted by molar-refractivity contribution is 5.84. The molecule has 0 radical (unpaired) electrons. The molecule has 0 atom stereocenters. The lowest BCUT2D eigenvalue weighted by Gasteiger charge is -2.38. The number of hydrogen-bond donors (Lipinski definition) is 2. The fraction of sp³-hybridized carbons (Fsp3) is 0.462. The first-order valence-corrected chi connectivity index (χ1v) is 5.71. The van der Waals surface area contributed by atoms with Gasteiger partial charge in [-0.25, -0.2) is 0 Å². The number of rotatable bonds is 3. The Labute approximate surface area is 100 Å². The van der Waals surface area contributed by atoms with Crippen LogP contribution in [0.5, 0.6) is 5.75 Å². The van der Waals surface area contributed by atoms with Crippen LogP contribution in [0.3, 0.4) is 0 Å². The number of aliphatic carboxylic acids is 1. The molecule has 0 spiro atoms. The van der Waals surface area contributed by atoms with E-state index in [1.165, 1.54) is 0 Å². The topological polar surface area (TPSA) is 60.8 Å². The van der Waals surface area contributed by atoms with Gasteiger partial charge in [-0.1, -0.05) is 6.42 Å². The SMILES string of the molecule is CN(C)c1ccc(O)c(C2(C(=O)O)CCC2)c1. The van der Waals surface area contributed by atoms with Crippen molar-refractivity contribution in [1.82, 2.24) is 0 Å². The lowest BCUT2D eigenvalue weighted by molar-refractivity contribution is -0.147. The van der Waals surface area contributed by atoms with Gasteiger partial charge in [-0.2, -0.15) is 0 Å². The number of aromatic hydroxyl groups is 1. The Morgan fingerprint density at radius 2 is 2.00 bits per heavy atom. The average Bonchev–Trinajstić information content (AvgIpc) is 2.18. The largest absolute Gasteiger partial charge is 0.508 e. The van der Waals surface area contributed by atoms with Crippen LogP contribution in [0, 0.1) is 0 Å². The van der Waals surface area contributed by atoms with Crippen molar-refractivity contribution in [1.29, 1.82) is 0 Å². The molecule has 4 heteroatoms. The van der Waals surface area contributed by atoms with E-state index in [0.717, 1.165) is 12.1 Å². The molecule has 1 aliphatic rings. The highest BCUT2D eigenvalue weighted by Gasteiger charge is 2.47. The minimum atomic E-state index is -0.879. The Balaban J connectivity index is 2.50. The Bertz CT molecular complexity index is 450. The average molecular weight is 235 g/mol. The number of nitrogens with zero attached hydrogens (tertiary/aromatic N) is 1. The van der Waals surface area contributed by atoms with E-state index >= 15 is 0 Å². The van der Waals surface area contributed by atoms with Crippen molar-refractivity contribution in [2.24, 2.45) is 0 Å². The number of carbonyl (C=O) groups is 1. The van der Waals surface area contributed by atoms with Crippen molar-refractivity contribution in [3.8, 4) is 5.75 Å². The van der Waals surface area contributed by atoms with Crippen molar-refractivity contribution >= 4 is 11.7 Å². The molecule has 0 bridgehead atoms. The van der Waals surface area contributed by atoms with Gasteiger partial charge in [0, 0.05) is 25.3 Å². The second kappa shape index (κ2) is 3.95. The molecule has 1 aliphatic carbocycles. The zero-order chi connectivity index (χ0) is 12.6.